The maximum Gasteiger partial charge on any atom is 0.0879 e. The second-order valence-corrected chi connectivity index (χ2v) is 2.82. The Bertz CT molecular complexity index is 352. The summed E-state index contributed by atoms with van der Waals surface area (Å²) in [7, 11) is 0. The summed E-state index contributed by atoms with van der Waals surface area (Å²) in [6, 6.07) is 2.15. The molecule has 0 unspecified atom stereocenters. The minimum Gasteiger partial charge on any atom is -0.365 e. The first-order valence-electron chi connectivity index (χ1n) is 4.68. The van der Waals surface area contributed by atoms with Crippen molar-refractivity contribution < 1.29 is 0 Å². The molecular formula is C11H16N2. The molecule has 0 aliphatic carbocycles. The molecule has 2 heterocycles. The van der Waals surface area contributed by atoms with Gasteiger partial charge in [-0.25, -0.2) is 0 Å². The van der Waals surface area contributed by atoms with Gasteiger partial charge in [0.1, 0.15) is 0 Å². The highest BCUT2D eigenvalue weighted by molar-refractivity contribution is 5.78. The van der Waals surface area contributed by atoms with E-state index in [1.807, 2.05) is 33.2 Å². The van der Waals surface area contributed by atoms with Gasteiger partial charge >= 0.3 is 0 Å². The summed E-state index contributed by atoms with van der Waals surface area (Å²) in [5, 5.41) is 1.19. The van der Waals surface area contributed by atoms with Gasteiger partial charge in [-0.2, -0.15) is 0 Å². The third-order valence-electron chi connectivity index (χ3n) is 1.99. The minimum atomic E-state index is 1.05. The molecule has 13 heavy (non-hydrogen) atoms. The first-order valence-corrected chi connectivity index (χ1v) is 4.68. The molecule has 0 saturated heterocycles. The average Bonchev–Trinajstić information content (AvgIpc) is 2.56. The highest BCUT2D eigenvalue weighted by Crippen LogP contribution is 2.14. The van der Waals surface area contributed by atoms with Crippen molar-refractivity contribution in [3.8, 4) is 0 Å². The number of nitrogens with zero attached hydrogens (tertiary/aromatic N) is 1. The molecule has 0 amide bonds. The number of aryl methyl sites for hydroxylation is 2. The second kappa shape index (κ2) is 4.08. The fraction of sp³-hybridized carbons (Fsp3) is 0.364. The highest BCUT2D eigenvalue weighted by Gasteiger charge is 1.98. The van der Waals surface area contributed by atoms with Crippen molar-refractivity contribution in [3.05, 3.63) is 29.7 Å². The summed E-state index contributed by atoms with van der Waals surface area (Å²) in [5.74, 6) is 0. The lowest BCUT2D eigenvalue weighted by Gasteiger charge is -1.97. The van der Waals surface area contributed by atoms with E-state index in [-0.39, 0.29) is 0 Å². The van der Waals surface area contributed by atoms with Crippen LogP contribution >= 0.6 is 0 Å². The molecule has 0 aromatic carbocycles. The molecule has 0 saturated carbocycles. The smallest absolute Gasteiger partial charge is 0.0879 e. The van der Waals surface area contributed by atoms with E-state index in [1.54, 1.807) is 0 Å². The average molecular weight is 176 g/mol. The van der Waals surface area contributed by atoms with Gasteiger partial charge in [0.2, 0.25) is 0 Å². The van der Waals surface area contributed by atoms with Crippen LogP contribution in [0.15, 0.2) is 18.5 Å². The first-order chi connectivity index (χ1) is 6.27. The van der Waals surface area contributed by atoms with Crippen LogP contribution in [0.5, 0.6) is 0 Å². The Morgan fingerprint density at radius 1 is 1.15 bits per heavy atom. The van der Waals surface area contributed by atoms with Gasteiger partial charge in [-0.15, -0.1) is 0 Å². The molecule has 0 fully saturated rings. The van der Waals surface area contributed by atoms with Crippen LogP contribution in [-0.4, -0.2) is 9.97 Å². The number of fused-ring (bicyclic) bond motifs is 1. The van der Waals surface area contributed by atoms with E-state index in [4.69, 9.17) is 0 Å². The molecule has 2 aromatic rings. The van der Waals surface area contributed by atoms with Crippen LogP contribution in [0.4, 0.5) is 0 Å². The third kappa shape index (κ3) is 1.89. The number of rotatable bonds is 0. The number of aromatic amines is 1. The van der Waals surface area contributed by atoms with Crippen LogP contribution in [0.2, 0.25) is 0 Å². The van der Waals surface area contributed by atoms with Crippen LogP contribution in [0.25, 0.3) is 10.9 Å². The van der Waals surface area contributed by atoms with Crippen LogP contribution in [-0.2, 0) is 0 Å². The molecule has 2 nitrogen and oxygen atoms in total. The fourth-order valence-electron chi connectivity index (χ4n) is 1.19. The molecule has 2 aromatic heterocycles. The lowest BCUT2D eigenvalue weighted by molar-refractivity contribution is 1.20. The van der Waals surface area contributed by atoms with E-state index < -0.39 is 0 Å². The summed E-state index contributed by atoms with van der Waals surface area (Å²) in [6.07, 6.45) is 3.89. The van der Waals surface area contributed by atoms with Crippen molar-refractivity contribution in [3.63, 3.8) is 0 Å². The topological polar surface area (TPSA) is 28.7 Å². The van der Waals surface area contributed by atoms with E-state index in [1.165, 1.54) is 10.9 Å². The van der Waals surface area contributed by atoms with E-state index in [9.17, 15) is 0 Å². The molecule has 1 N–H and O–H groups in total. The maximum atomic E-state index is 4.40. The highest BCUT2D eigenvalue weighted by atomic mass is 14.8. The molecular weight excluding hydrogens is 160 g/mol. The zero-order valence-corrected chi connectivity index (χ0v) is 8.68. The molecule has 0 radical (unpaired) electrons. The third-order valence-corrected chi connectivity index (χ3v) is 1.99. The van der Waals surface area contributed by atoms with Crippen LogP contribution in [0.1, 0.15) is 25.1 Å². The van der Waals surface area contributed by atoms with Crippen molar-refractivity contribution in [1.82, 2.24) is 9.97 Å². The lowest BCUT2D eigenvalue weighted by atomic mass is 10.2. The summed E-state index contributed by atoms with van der Waals surface area (Å²) in [5.41, 5.74) is 3.40. The fourth-order valence-corrected chi connectivity index (χ4v) is 1.19. The van der Waals surface area contributed by atoms with E-state index in [0.717, 1.165) is 11.2 Å². The van der Waals surface area contributed by atoms with Gasteiger partial charge in [-0.05, 0) is 25.5 Å². The second-order valence-electron chi connectivity index (χ2n) is 2.82. The maximum absolute atomic E-state index is 4.40. The van der Waals surface area contributed by atoms with Crippen molar-refractivity contribution in [1.29, 1.82) is 0 Å². The molecule has 0 atom stereocenters. The van der Waals surface area contributed by atoms with Crippen molar-refractivity contribution in [2.75, 3.05) is 0 Å². The van der Waals surface area contributed by atoms with Gasteiger partial charge in [0.25, 0.3) is 0 Å². The molecule has 70 valence electrons. The molecule has 0 bridgehead atoms. The van der Waals surface area contributed by atoms with E-state index in [0.29, 0.717) is 0 Å². The number of aromatic nitrogens is 2. The Kier molecular flexibility index (Phi) is 3.07. The van der Waals surface area contributed by atoms with Gasteiger partial charge in [-0.3, -0.25) is 4.98 Å². The number of hydrogen-bond acceptors (Lipinski definition) is 1. The van der Waals surface area contributed by atoms with Gasteiger partial charge in [-0.1, -0.05) is 13.8 Å². The SMILES string of the molecule is CC.Cc1cc2c[nH]cc2nc1C. The zero-order chi connectivity index (χ0) is 9.84. The molecule has 2 heteroatoms. The lowest BCUT2D eigenvalue weighted by Crippen LogP contribution is -1.84. The van der Waals surface area contributed by atoms with E-state index in [2.05, 4.69) is 23.0 Å². The number of H-pyrrole nitrogens is 1. The predicted molar refractivity (Wildman–Crippen MR) is 56.9 cm³/mol. The van der Waals surface area contributed by atoms with Gasteiger partial charge in [0.15, 0.2) is 0 Å². The Hall–Kier alpha value is -1.31. The number of hydrogen-bond donors (Lipinski definition) is 1. The van der Waals surface area contributed by atoms with Crippen LogP contribution < -0.4 is 0 Å². The molecule has 0 aliphatic rings. The minimum absolute atomic E-state index is 1.05. The molecule has 0 spiro atoms. The first kappa shape index (κ1) is 9.78. The Morgan fingerprint density at radius 3 is 2.54 bits per heavy atom. The summed E-state index contributed by atoms with van der Waals surface area (Å²) >= 11 is 0. The van der Waals surface area contributed by atoms with Crippen molar-refractivity contribution in [2.24, 2.45) is 0 Å². The standard InChI is InChI=1S/C9H10N2.C2H6/c1-6-3-8-4-10-5-9(8)11-7(6)2;1-2/h3-5,10H,1-2H3;1-2H3. The van der Waals surface area contributed by atoms with Gasteiger partial charge in [0.05, 0.1) is 5.52 Å². The summed E-state index contributed by atoms with van der Waals surface area (Å²) in [6.45, 7) is 8.11. The number of pyridine rings is 1. The van der Waals surface area contributed by atoms with Crippen LogP contribution in [0.3, 0.4) is 0 Å². The van der Waals surface area contributed by atoms with Crippen LogP contribution in [0, 0.1) is 13.8 Å². The quantitative estimate of drug-likeness (QED) is 0.656. The predicted octanol–water partition coefficient (Wildman–Crippen LogP) is 3.21. The Labute approximate surface area is 79.0 Å². The van der Waals surface area contributed by atoms with Gasteiger partial charge < -0.3 is 4.98 Å². The van der Waals surface area contributed by atoms with Crippen molar-refractivity contribution >= 4 is 10.9 Å². The summed E-state index contributed by atoms with van der Waals surface area (Å²) < 4.78 is 0. The largest absolute Gasteiger partial charge is 0.365 e. The Balaban J connectivity index is 0.000000396. The Morgan fingerprint density at radius 2 is 1.85 bits per heavy atom. The monoisotopic (exact) mass is 176 g/mol. The normalized spacial score (nSPS) is 9.54. The molecule has 2 rings (SSSR count). The van der Waals surface area contributed by atoms with Gasteiger partial charge in [0, 0.05) is 23.5 Å². The zero-order valence-electron chi connectivity index (χ0n) is 8.68. The number of nitrogens with one attached hydrogen (secondary N) is 1. The van der Waals surface area contributed by atoms with E-state index >= 15 is 0 Å². The summed E-state index contributed by atoms with van der Waals surface area (Å²) in [4.78, 5) is 7.43. The molecule has 0 aliphatic heterocycles. The van der Waals surface area contributed by atoms with Crippen molar-refractivity contribution in [2.45, 2.75) is 27.7 Å².